The van der Waals surface area contributed by atoms with Crippen LogP contribution in [-0.4, -0.2) is 61.0 Å². The Morgan fingerprint density at radius 2 is 2.13 bits per heavy atom. The summed E-state index contributed by atoms with van der Waals surface area (Å²) in [5.74, 6) is 1.35. The van der Waals surface area contributed by atoms with Gasteiger partial charge in [-0.05, 0) is 31.0 Å². The second-order valence-corrected chi connectivity index (χ2v) is 5.82. The van der Waals surface area contributed by atoms with Gasteiger partial charge in [-0.1, -0.05) is 6.07 Å². The van der Waals surface area contributed by atoms with E-state index in [1.807, 2.05) is 18.2 Å². The van der Waals surface area contributed by atoms with Gasteiger partial charge in [-0.2, -0.15) is 0 Å². The summed E-state index contributed by atoms with van der Waals surface area (Å²) in [6.07, 6.45) is 2.85. The Labute approximate surface area is 136 Å². The number of pyridine rings is 1. The summed E-state index contributed by atoms with van der Waals surface area (Å²) >= 11 is 0. The zero-order valence-electron chi connectivity index (χ0n) is 13.5. The zero-order chi connectivity index (χ0) is 16.5. The van der Waals surface area contributed by atoms with Gasteiger partial charge in [-0.25, -0.2) is 4.98 Å². The molecule has 1 aliphatic rings. The minimum Gasteiger partial charge on any atom is -0.370 e. The lowest BCUT2D eigenvalue weighted by molar-refractivity contribution is -0.122. The Morgan fingerprint density at radius 3 is 2.87 bits per heavy atom. The third-order valence-electron chi connectivity index (χ3n) is 3.80. The van der Waals surface area contributed by atoms with E-state index in [-0.39, 0.29) is 11.8 Å². The van der Waals surface area contributed by atoms with Gasteiger partial charge < -0.3 is 16.0 Å². The van der Waals surface area contributed by atoms with Crippen molar-refractivity contribution in [3.05, 3.63) is 24.4 Å². The number of rotatable bonds is 8. The second kappa shape index (κ2) is 9.09. The van der Waals surface area contributed by atoms with Gasteiger partial charge in [0.05, 0.1) is 6.54 Å². The minimum absolute atomic E-state index is 0.00804. The molecule has 1 saturated heterocycles. The Bertz CT molecular complexity index is 508. The van der Waals surface area contributed by atoms with Crippen LogP contribution >= 0.6 is 0 Å². The Hall–Kier alpha value is -2.15. The highest BCUT2D eigenvalue weighted by Gasteiger charge is 2.23. The topological polar surface area (TPSA) is 86.4 Å². The number of carbonyl (C=O) groups excluding carboxylic acids is 2. The zero-order valence-corrected chi connectivity index (χ0v) is 13.5. The molecule has 2 rings (SSSR count). The van der Waals surface area contributed by atoms with Crippen molar-refractivity contribution >= 4 is 17.6 Å². The average Bonchev–Trinajstić information content (AvgIpc) is 2.98. The highest BCUT2D eigenvalue weighted by molar-refractivity contribution is 5.78. The molecule has 0 spiro atoms. The van der Waals surface area contributed by atoms with Crippen LogP contribution in [-0.2, 0) is 9.59 Å². The third-order valence-corrected chi connectivity index (χ3v) is 3.80. The first-order chi connectivity index (χ1) is 11.1. The second-order valence-electron chi connectivity index (χ2n) is 5.82. The van der Waals surface area contributed by atoms with Crippen molar-refractivity contribution < 1.29 is 9.59 Å². The number of hydrogen-bond acceptors (Lipinski definition) is 5. The van der Waals surface area contributed by atoms with Crippen molar-refractivity contribution in [2.24, 2.45) is 5.92 Å². The van der Waals surface area contributed by atoms with Gasteiger partial charge in [0.2, 0.25) is 11.8 Å². The SMILES string of the molecule is CC(=O)NCCNC(=O)CN1CC[C@H](CNc2ccccn2)C1. The van der Waals surface area contributed by atoms with Crippen LogP contribution < -0.4 is 16.0 Å². The number of hydrogen-bond donors (Lipinski definition) is 3. The molecule has 3 N–H and O–H groups in total. The smallest absolute Gasteiger partial charge is 0.234 e. The van der Waals surface area contributed by atoms with Crippen molar-refractivity contribution in [3.63, 3.8) is 0 Å². The number of anilines is 1. The summed E-state index contributed by atoms with van der Waals surface area (Å²) in [6, 6.07) is 5.81. The first-order valence-corrected chi connectivity index (χ1v) is 8.02. The fourth-order valence-corrected chi connectivity index (χ4v) is 2.64. The fraction of sp³-hybridized carbons (Fsp3) is 0.562. The van der Waals surface area contributed by atoms with E-state index in [0.717, 1.165) is 31.9 Å². The van der Waals surface area contributed by atoms with Crippen molar-refractivity contribution in [1.82, 2.24) is 20.5 Å². The Morgan fingerprint density at radius 1 is 1.30 bits per heavy atom. The van der Waals surface area contributed by atoms with Crippen LogP contribution in [0.4, 0.5) is 5.82 Å². The van der Waals surface area contributed by atoms with E-state index in [9.17, 15) is 9.59 Å². The van der Waals surface area contributed by atoms with Gasteiger partial charge in [0.25, 0.3) is 0 Å². The lowest BCUT2D eigenvalue weighted by Crippen LogP contribution is -2.39. The molecular formula is C16H25N5O2. The molecule has 1 atom stereocenters. The molecule has 0 saturated carbocycles. The highest BCUT2D eigenvalue weighted by atomic mass is 16.2. The largest absolute Gasteiger partial charge is 0.370 e. The fourth-order valence-electron chi connectivity index (χ4n) is 2.64. The van der Waals surface area contributed by atoms with Crippen molar-refractivity contribution in [3.8, 4) is 0 Å². The van der Waals surface area contributed by atoms with E-state index in [4.69, 9.17) is 0 Å². The Kier molecular flexibility index (Phi) is 6.80. The van der Waals surface area contributed by atoms with Crippen LogP contribution in [0, 0.1) is 5.92 Å². The van der Waals surface area contributed by atoms with Crippen LogP contribution in [0.2, 0.25) is 0 Å². The lowest BCUT2D eigenvalue weighted by atomic mass is 10.1. The Balaban J connectivity index is 1.59. The van der Waals surface area contributed by atoms with Crippen molar-refractivity contribution in [1.29, 1.82) is 0 Å². The third kappa shape index (κ3) is 6.65. The van der Waals surface area contributed by atoms with Gasteiger partial charge in [-0.15, -0.1) is 0 Å². The molecule has 2 amide bonds. The summed E-state index contributed by atoms with van der Waals surface area (Å²) in [5, 5.41) is 8.80. The van der Waals surface area contributed by atoms with Crippen LogP contribution in [0.15, 0.2) is 24.4 Å². The molecule has 0 unspecified atom stereocenters. The van der Waals surface area contributed by atoms with Gasteiger partial charge in [0, 0.05) is 39.3 Å². The van der Waals surface area contributed by atoms with E-state index >= 15 is 0 Å². The van der Waals surface area contributed by atoms with Crippen molar-refractivity contribution in [2.45, 2.75) is 13.3 Å². The van der Waals surface area contributed by atoms with E-state index in [2.05, 4.69) is 25.8 Å². The standard InChI is InChI=1S/C16H25N5O2/c1-13(22)17-7-8-19-16(23)12-21-9-5-14(11-21)10-20-15-4-2-3-6-18-15/h2-4,6,14H,5,7-12H2,1H3,(H,17,22)(H,18,20)(H,19,23)/t14-/m1/s1. The maximum absolute atomic E-state index is 11.8. The molecule has 7 nitrogen and oxygen atoms in total. The summed E-state index contributed by atoms with van der Waals surface area (Å²) in [5.41, 5.74) is 0. The van der Waals surface area contributed by atoms with Crippen LogP contribution in [0.1, 0.15) is 13.3 Å². The molecule has 1 aromatic heterocycles. The first-order valence-electron chi connectivity index (χ1n) is 8.02. The molecule has 1 aromatic rings. The van der Waals surface area contributed by atoms with Crippen molar-refractivity contribution in [2.75, 3.05) is 44.6 Å². The monoisotopic (exact) mass is 319 g/mol. The van der Waals surface area contributed by atoms with Gasteiger partial charge in [0.1, 0.15) is 5.82 Å². The predicted octanol–water partition coefficient (Wildman–Crippen LogP) is 0.0677. The van der Waals surface area contributed by atoms with Gasteiger partial charge >= 0.3 is 0 Å². The summed E-state index contributed by atoms with van der Waals surface area (Å²) < 4.78 is 0. The number of nitrogens with one attached hydrogen (secondary N) is 3. The quantitative estimate of drug-likeness (QED) is 0.590. The molecule has 0 bridgehead atoms. The molecule has 7 heteroatoms. The molecule has 126 valence electrons. The number of amides is 2. The number of aromatic nitrogens is 1. The molecule has 23 heavy (non-hydrogen) atoms. The number of likely N-dealkylation sites (tertiary alicyclic amines) is 1. The van der Waals surface area contributed by atoms with Crippen LogP contribution in [0.25, 0.3) is 0 Å². The summed E-state index contributed by atoms with van der Waals surface area (Å²) in [4.78, 5) is 29.0. The molecule has 1 aliphatic heterocycles. The van der Waals surface area contributed by atoms with E-state index in [1.54, 1.807) is 6.20 Å². The first kappa shape index (κ1) is 17.2. The molecule has 0 aromatic carbocycles. The molecular weight excluding hydrogens is 294 g/mol. The van der Waals surface area contributed by atoms with Gasteiger partial charge in [0.15, 0.2) is 0 Å². The molecule has 1 fully saturated rings. The predicted molar refractivity (Wildman–Crippen MR) is 89.0 cm³/mol. The average molecular weight is 319 g/mol. The molecule has 2 heterocycles. The number of carbonyl (C=O) groups is 2. The van der Waals surface area contributed by atoms with E-state index in [0.29, 0.717) is 25.6 Å². The van der Waals surface area contributed by atoms with Crippen LogP contribution in [0.5, 0.6) is 0 Å². The molecule has 0 radical (unpaired) electrons. The maximum atomic E-state index is 11.8. The number of nitrogens with zero attached hydrogens (tertiary/aromatic N) is 2. The normalized spacial score (nSPS) is 17.7. The van der Waals surface area contributed by atoms with Gasteiger partial charge in [-0.3, -0.25) is 14.5 Å². The van der Waals surface area contributed by atoms with E-state index < -0.39 is 0 Å². The van der Waals surface area contributed by atoms with E-state index in [1.165, 1.54) is 6.92 Å². The highest BCUT2D eigenvalue weighted by Crippen LogP contribution is 2.16. The van der Waals surface area contributed by atoms with Crippen LogP contribution in [0.3, 0.4) is 0 Å². The summed E-state index contributed by atoms with van der Waals surface area (Å²) in [7, 11) is 0. The molecule has 0 aliphatic carbocycles. The summed E-state index contributed by atoms with van der Waals surface area (Å²) in [6.45, 7) is 5.55. The maximum Gasteiger partial charge on any atom is 0.234 e. The lowest BCUT2D eigenvalue weighted by Gasteiger charge is -2.16. The minimum atomic E-state index is -0.0814.